The van der Waals surface area contributed by atoms with Crippen molar-refractivity contribution >= 4 is 17.1 Å². The van der Waals surface area contributed by atoms with E-state index in [0.717, 1.165) is 23.6 Å². The van der Waals surface area contributed by atoms with Crippen LogP contribution in [0.1, 0.15) is 41.3 Å². The maximum absolute atomic E-state index is 13.6. The third-order valence-electron chi connectivity index (χ3n) is 5.70. The molecule has 0 fully saturated rings. The van der Waals surface area contributed by atoms with Crippen molar-refractivity contribution in [3.8, 4) is 22.0 Å². The average molecular weight is 472 g/mol. The van der Waals surface area contributed by atoms with E-state index >= 15 is 0 Å². The number of alkyl halides is 2. The van der Waals surface area contributed by atoms with Crippen molar-refractivity contribution in [2.75, 3.05) is 0 Å². The molecule has 1 unspecified atom stereocenters. The molecule has 1 atom stereocenters. The quantitative estimate of drug-likeness (QED) is 0.380. The molecule has 11 heteroatoms. The zero-order valence-electron chi connectivity index (χ0n) is 17.6. The smallest absolute Gasteiger partial charge is 0.281 e. The van der Waals surface area contributed by atoms with Crippen molar-refractivity contribution in [3.63, 3.8) is 0 Å². The molecule has 1 aliphatic heterocycles. The summed E-state index contributed by atoms with van der Waals surface area (Å²) < 4.78 is 42.7. The Morgan fingerprint density at radius 3 is 2.91 bits per heavy atom. The first kappa shape index (κ1) is 21.5. The van der Waals surface area contributed by atoms with Gasteiger partial charge in [-0.1, -0.05) is 12.1 Å². The van der Waals surface area contributed by atoms with E-state index in [1.807, 2.05) is 0 Å². The first-order valence-corrected chi connectivity index (χ1v) is 11.3. The zero-order valence-corrected chi connectivity index (χ0v) is 18.4. The number of aromatic nitrogens is 6. The Bertz CT molecular complexity index is 1330. The molecule has 0 bridgehead atoms. The Morgan fingerprint density at radius 1 is 1.30 bits per heavy atom. The van der Waals surface area contributed by atoms with Gasteiger partial charge in [0.2, 0.25) is 0 Å². The Hall–Kier alpha value is -3.34. The summed E-state index contributed by atoms with van der Waals surface area (Å²) in [6.07, 6.45) is 0.396. The minimum absolute atomic E-state index is 0.0465. The SMILES string of the molecule is Cn1ncc(-c2nc(C(F)F)cs2)c1C(=O)CC1CCn2nc(-c3cccc(F)c3)nc2C1. The van der Waals surface area contributed by atoms with Gasteiger partial charge >= 0.3 is 0 Å². The van der Waals surface area contributed by atoms with E-state index in [1.165, 1.54) is 28.4 Å². The van der Waals surface area contributed by atoms with Crippen LogP contribution in [0.2, 0.25) is 0 Å². The summed E-state index contributed by atoms with van der Waals surface area (Å²) in [6, 6.07) is 6.13. The summed E-state index contributed by atoms with van der Waals surface area (Å²) in [7, 11) is 1.65. The minimum Gasteiger partial charge on any atom is -0.292 e. The topological polar surface area (TPSA) is 78.5 Å². The van der Waals surface area contributed by atoms with Crippen molar-refractivity contribution in [3.05, 3.63) is 58.9 Å². The lowest BCUT2D eigenvalue weighted by Gasteiger charge is -2.21. The molecule has 170 valence electrons. The number of benzene rings is 1. The second-order valence-electron chi connectivity index (χ2n) is 7.98. The van der Waals surface area contributed by atoms with Crippen molar-refractivity contribution in [2.45, 2.75) is 32.2 Å². The number of fused-ring (bicyclic) bond motifs is 1. The van der Waals surface area contributed by atoms with E-state index in [9.17, 15) is 18.0 Å². The molecule has 0 saturated carbocycles. The number of aryl methyl sites for hydroxylation is 2. The highest BCUT2D eigenvalue weighted by atomic mass is 32.1. The van der Waals surface area contributed by atoms with Gasteiger partial charge in [0, 0.05) is 37.4 Å². The van der Waals surface area contributed by atoms with Crippen LogP contribution in [0.15, 0.2) is 35.8 Å². The number of hydrogen-bond acceptors (Lipinski definition) is 6. The maximum Gasteiger partial charge on any atom is 0.281 e. The fraction of sp³-hybridized carbons (Fsp3) is 0.318. The summed E-state index contributed by atoms with van der Waals surface area (Å²) in [5.41, 5.74) is 1.12. The zero-order chi connectivity index (χ0) is 23.1. The lowest BCUT2D eigenvalue weighted by Crippen LogP contribution is -2.23. The summed E-state index contributed by atoms with van der Waals surface area (Å²) in [5.74, 6) is 0.790. The van der Waals surface area contributed by atoms with Crippen LogP contribution >= 0.6 is 11.3 Å². The van der Waals surface area contributed by atoms with E-state index in [-0.39, 0.29) is 29.6 Å². The molecule has 33 heavy (non-hydrogen) atoms. The molecular formula is C22H19F3N6OS. The first-order valence-electron chi connectivity index (χ1n) is 10.4. The van der Waals surface area contributed by atoms with E-state index in [2.05, 4.69) is 20.2 Å². The number of hydrogen-bond donors (Lipinski definition) is 0. The fourth-order valence-corrected chi connectivity index (χ4v) is 4.91. The lowest BCUT2D eigenvalue weighted by molar-refractivity contribution is 0.0944. The minimum atomic E-state index is -2.66. The molecule has 0 aliphatic carbocycles. The van der Waals surface area contributed by atoms with Gasteiger partial charge in [-0.15, -0.1) is 11.3 Å². The third-order valence-corrected chi connectivity index (χ3v) is 6.60. The third kappa shape index (κ3) is 4.20. The van der Waals surface area contributed by atoms with E-state index < -0.39 is 6.43 Å². The van der Waals surface area contributed by atoms with Crippen LogP contribution in [0.4, 0.5) is 13.2 Å². The fourth-order valence-electron chi connectivity index (χ4n) is 4.09. The predicted molar refractivity (Wildman–Crippen MR) is 115 cm³/mol. The molecule has 0 N–H and O–H groups in total. The molecule has 0 spiro atoms. The molecule has 3 aromatic heterocycles. The Balaban J connectivity index is 1.33. The van der Waals surface area contributed by atoms with Crippen LogP contribution in [0.5, 0.6) is 0 Å². The number of nitrogens with zero attached hydrogens (tertiary/aromatic N) is 6. The highest BCUT2D eigenvalue weighted by Crippen LogP contribution is 2.32. The number of ketones is 1. The van der Waals surface area contributed by atoms with Crippen LogP contribution < -0.4 is 0 Å². The summed E-state index contributed by atoms with van der Waals surface area (Å²) in [6.45, 7) is 0.609. The Kier molecular flexibility index (Phi) is 5.57. The van der Waals surface area contributed by atoms with Gasteiger partial charge in [-0.2, -0.15) is 10.2 Å². The van der Waals surface area contributed by atoms with Crippen molar-refractivity contribution < 1.29 is 18.0 Å². The van der Waals surface area contributed by atoms with Gasteiger partial charge in [-0.05, 0) is 24.5 Å². The molecule has 4 aromatic rings. The summed E-state index contributed by atoms with van der Waals surface area (Å²) in [4.78, 5) is 21.7. The monoisotopic (exact) mass is 472 g/mol. The number of thiazole rings is 1. The van der Waals surface area contributed by atoms with Gasteiger partial charge in [-0.3, -0.25) is 9.48 Å². The normalized spacial score (nSPS) is 15.7. The number of carbonyl (C=O) groups excluding carboxylic acids is 1. The molecule has 0 radical (unpaired) electrons. The standard InChI is InChI=1S/C22H19F3N6OS/c1-30-19(15(10-26-30)22-27-16(11-33-22)20(24)25)17(32)7-12-5-6-31-18(8-12)28-21(29-31)13-3-2-4-14(23)9-13/h2-4,9-12,20H,5-8H2,1H3. The highest BCUT2D eigenvalue weighted by Gasteiger charge is 2.28. The molecule has 1 aliphatic rings. The van der Waals surface area contributed by atoms with Crippen LogP contribution in [0.3, 0.4) is 0 Å². The van der Waals surface area contributed by atoms with Gasteiger partial charge in [0.15, 0.2) is 11.6 Å². The first-order chi connectivity index (χ1) is 15.9. The molecule has 1 aromatic carbocycles. The van der Waals surface area contributed by atoms with Crippen LogP contribution in [0.25, 0.3) is 22.0 Å². The van der Waals surface area contributed by atoms with Crippen LogP contribution in [-0.2, 0) is 20.0 Å². The molecule has 0 saturated heterocycles. The van der Waals surface area contributed by atoms with E-state index in [4.69, 9.17) is 0 Å². The van der Waals surface area contributed by atoms with Crippen molar-refractivity contribution in [2.24, 2.45) is 13.0 Å². The number of halogens is 3. The number of Topliss-reactive ketones (excluding diaryl/α,β-unsaturated/α-hetero) is 1. The Labute approximate surface area is 190 Å². The summed E-state index contributed by atoms with van der Waals surface area (Å²) in [5, 5.41) is 10.3. The Morgan fingerprint density at radius 2 is 2.15 bits per heavy atom. The van der Waals surface area contributed by atoms with E-state index in [1.54, 1.807) is 23.9 Å². The number of rotatable bonds is 6. The van der Waals surface area contributed by atoms with Gasteiger partial charge < -0.3 is 0 Å². The van der Waals surface area contributed by atoms with E-state index in [0.29, 0.717) is 40.6 Å². The molecule has 0 amide bonds. The highest BCUT2D eigenvalue weighted by molar-refractivity contribution is 7.13. The largest absolute Gasteiger partial charge is 0.292 e. The van der Waals surface area contributed by atoms with Crippen LogP contribution in [0, 0.1) is 11.7 Å². The average Bonchev–Trinajstić information content (AvgIpc) is 3.51. The van der Waals surface area contributed by atoms with Crippen molar-refractivity contribution in [1.29, 1.82) is 0 Å². The lowest BCUT2D eigenvalue weighted by atomic mass is 9.91. The van der Waals surface area contributed by atoms with Gasteiger partial charge in [0.1, 0.15) is 28.0 Å². The number of carbonyl (C=O) groups is 1. The molecule has 7 nitrogen and oxygen atoms in total. The van der Waals surface area contributed by atoms with Crippen LogP contribution in [-0.4, -0.2) is 35.3 Å². The second kappa shape index (κ2) is 8.54. The second-order valence-corrected chi connectivity index (χ2v) is 8.84. The predicted octanol–water partition coefficient (Wildman–Crippen LogP) is 4.71. The molecule has 5 rings (SSSR count). The van der Waals surface area contributed by atoms with Gasteiger partial charge in [0.25, 0.3) is 6.43 Å². The van der Waals surface area contributed by atoms with Gasteiger partial charge in [-0.25, -0.2) is 27.8 Å². The molecular weight excluding hydrogens is 453 g/mol. The van der Waals surface area contributed by atoms with Gasteiger partial charge in [0.05, 0.1) is 11.8 Å². The van der Waals surface area contributed by atoms with Crippen molar-refractivity contribution in [1.82, 2.24) is 29.5 Å². The molecule has 4 heterocycles. The maximum atomic E-state index is 13.6. The summed E-state index contributed by atoms with van der Waals surface area (Å²) >= 11 is 1.07.